The van der Waals surface area contributed by atoms with Crippen LogP contribution in [-0.4, -0.2) is 26.6 Å². The SMILES string of the molecule is COc1cc(C(=O)COc2ccccc2N)c(OC)cc1C. The van der Waals surface area contributed by atoms with Gasteiger partial charge in [0.15, 0.2) is 6.61 Å². The minimum atomic E-state index is -0.210. The summed E-state index contributed by atoms with van der Waals surface area (Å²) < 4.78 is 16.0. The van der Waals surface area contributed by atoms with Gasteiger partial charge < -0.3 is 19.9 Å². The number of rotatable bonds is 6. The summed E-state index contributed by atoms with van der Waals surface area (Å²) in [5.41, 5.74) is 7.58. The van der Waals surface area contributed by atoms with Gasteiger partial charge in [-0.1, -0.05) is 12.1 Å². The number of ketones is 1. The molecule has 5 nitrogen and oxygen atoms in total. The highest BCUT2D eigenvalue weighted by atomic mass is 16.5. The van der Waals surface area contributed by atoms with Gasteiger partial charge in [-0.25, -0.2) is 0 Å². The molecule has 0 radical (unpaired) electrons. The minimum absolute atomic E-state index is 0.128. The zero-order valence-corrected chi connectivity index (χ0v) is 12.9. The van der Waals surface area contributed by atoms with E-state index in [-0.39, 0.29) is 12.4 Å². The Morgan fingerprint density at radius 2 is 1.73 bits per heavy atom. The fourth-order valence-corrected chi connectivity index (χ4v) is 2.10. The molecule has 0 aliphatic rings. The van der Waals surface area contributed by atoms with Crippen LogP contribution in [0.25, 0.3) is 0 Å². The molecule has 0 amide bonds. The first-order valence-corrected chi connectivity index (χ1v) is 6.80. The van der Waals surface area contributed by atoms with Crippen molar-refractivity contribution in [2.75, 3.05) is 26.6 Å². The predicted molar refractivity (Wildman–Crippen MR) is 85.0 cm³/mol. The maximum absolute atomic E-state index is 12.4. The van der Waals surface area contributed by atoms with E-state index in [9.17, 15) is 4.79 Å². The van der Waals surface area contributed by atoms with Crippen molar-refractivity contribution in [2.45, 2.75) is 6.92 Å². The van der Waals surface area contributed by atoms with Gasteiger partial charge in [-0.05, 0) is 36.8 Å². The molecule has 0 saturated carbocycles. The first kappa shape index (κ1) is 15.7. The number of Topliss-reactive ketones (excluding diaryl/α,β-unsaturated/α-hetero) is 1. The van der Waals surface area contributed by atoms with E-state index >= 15 is 0 Å². The van der Waals surface area contributed by atoms with Gasteiger partial charge in [-0.2, -0.15) is 0 Å². The molecule has 0 bridgehead atoms. The number of hydrogen-bond acceptors (Lipinski definition) is 5. The summed E-state index contributed by atoms with van der Waals surface area (Å²) in [5, 5.41) is 0. The molecule has 2 aromatic rings. The van der Waals surface area contributed by atoms with Gasteiger partial charge in [0.25, 0.3) is 0 Å². The number of ether oxygens (including phenoxy) is 3. The second-order valence-electron chi connectivity index (χ2n) is 4.77. The van der Waals surface area contributed by atoms with Crippen LogP contribution in [-0.2, 0) is 0 Å². The molecule has 0 atom stereocenters. The van der Waals surface area contributed by atoms with Crippen molar-refractivity contribution in [1.29, 1.82) is 0 Å². The topological polar surface area (TPSA) is 70.8 Å². The van der Waals surface area contributed by atoms with Crippen molar-refractivity contribution < 1.29 is 19.0 Å². The van der Waals surface area contributed by atoms with Crippen molar-refractivity contribution in [3.05, 3.63) is 47.5 Å². The molecule has 22 heavy (non-hydrogen) atoms. The summed E-state index contributed by atoms with van der Waals surface area (Å²) in [7, 11) is 3.08. The highest BCUT2D eigenvalue weighted by Gasteiger charge is 2.16. The molecule has 116 valence electrons. The third-order valence-corrected chi connectivity index (χ3v) is 3.30. The van der Waals surface area contributed by atoms with E-state index < -0.39 is 0 Å². The van der Waals surface area contributed by atoms with Gasteiger partial charge in [-0.15, -0.1) is 0 Å². The molecule has 0 aliphatic heterocycles. The third kappa shape index (κ3) is 3.31. The van der Waals surface area contributed by atoms with E-state index in [1.807, 2.05) is 6.92 Å². The van der Waals surface area contributed by atoms with Crippen LogP contribution in [0.15, 0.2) is 36.4 Å². The van der Waals surface area contributed by atoms with Crippen molar-refractivity contribution in [3.8, 4) is 17.2 Å². The smallest absolute Gasteiger partial charge is 0.204 e. The molecule has 2 aromatic carbocycles. The zero-order chi connectivity index (χ0) is 16.1. The third-order valence-electron chi connectivity index (χ3n) is 3.30. The summed E-state index contributed by atoms with van der Waals surface area (Å²) in [6.07, 6.45) is 0. The lowest BCUT2D eigenvalue weighted by Crippen LogP contribution is -2.14. The maximum Gasteiger partial charge on any atom is 0.204 e. The maximum atomic E-state index is 12.4. The number of benzene rings is 2. The molecule has 0 aromatic heterocycles. The number of anilines is 1. The lowest BCUT2D eigenvalue weighted by molar-refractivity contribution is 0.0918. The number of carbonyl (C=O) groups excluding carboxylic acids is 1. The number of carbonyl (C=O) groups is 1. The molecular weight excluding hydrogens is 282 g/mol. The lowest BCUT2D eigenvalue weighted by atomic mass is 10.1. The number of para-hydroxylation sites is 2. The Kier molecular flexibility index (Phi) is 4.88. The molecule has 2 rings (SSSR count). The number of methoxy groups -OCH3 is 2. The van der Waals surface area contributed by atoms with Crippen molar-refractivity contribution >= 4 is 11.5 Å². The molecular formula is C17H19NO4. The number of nitrogens with two attached hydrogens (primary N) is 1. The van der Waals surface area contributed by atoms with Crippen LogP contribution in [0.2, 0.25) is 0 Å². The van der Waals surface area contributed by atoms with Crippen LogP contribution < -0.4 is 19.9 Å². The molecule has 5 heteroatoms. The average Bonchev–Trinajstić information content (AvgIpc) is 2.53. The fraction of sp³-hybridized carbons (Fsp3) is 0.235. The quantitative estimate of drug-likeness (QED) is 0.656. The first-order valence-electron chi connectivity index (χ1n) is 6.80. The summed E-state index contributed by atoms with van der Waals surface area (Å²) in [4.78, 5) is 12.4. The molecule has 0 aliphatic carbocycles. The van der Waals surface area contributed by atoms with Crippen molar-refractivity contribution in [2.24, 2.45) is 0 Å². The van der Waals surface area contributed by atoms with Gasteiger partial charge in [0.2, 0.25) is 5.78 Å². The van der Waals surface area contributed by atoms with Crippen LogP contribution >= 0.6 is 0 Å². The highest BCUT2D eigenvalue weighted by molar-refractivity contribution is 6.00. The van der Waals surface area contributed by atoms with E-state index in [1.165, 1.54) is 7.11 Å². The first-order chi connectivity index (χ1) is 10.6. The monoisotopic (exact) mass is 301 g/mol. The number of nitrogen functional groups attached to an aromatic ring is 1. The Morgan fingerprint density at radius 3 is 2.36 bits per heavy atom. The normalized spacial score (nSPS) is 10.1. The molecule has 0 unspecified atom stereocenters. The molecule has 0 heterocycles. The van der Waals surface area contributed by atoms with Gasteiger partial charge >= 0.3 is 0 Å². The van der Waals surface area contributed by atoms with Crippen molar-refractivity contribution in [3.63, 3.8) is 0 Å². The summed E-state index contributed by atoms with van der Waals surface area (Å²) >= 11 is 0. The van der Waals surface area contributed by atoms with E-state index in [0.717, 1.165) is 5.56 Å². The second-order valence-corrected chi connectivity index (χ2v) is 4.77. The Balaban J connectivity index is 2.20. The lowest BCUT2D eigenvalue weighted by Gasteiger charge is -2.13. The standard InChI is InChI=1S/C17H19NO4/c1-11-8-17(21-3)12(9-16(11)20-2)14(19)10-22-15-7-5-4-6-13(15)18/h4-9H,10,18H2,1-3H3. The Morgan fingerprint density at radius 1 is 1.05 bits per heavy atom. The van der Waals surface area contributed by atoms with E-state index in [4.69, 9.17) is 19.9 Å². The molecule has 0 spiro atoms. The van der Waals surface area contributed by atoms with Crippen molar-refractivity contribution in [1.82, 2.24) is 0 Å². The Bertz CT molecular complexity index is 682. The minimum Gasteiger partial charge on any atom is -0.496 e. The van der Waals surface area contributed by atoms with Gasteiger partial charge in [0, 0.05) is 0 Å². The van der Waals surface area contributed by atoms with Crippen LogP contribution in [0, 0.1) is 6.92 Å². The van der Waals surface area contributed by atoms with E-state index in [2.05, 4.69) is 0 Å². The van der Waals surface area contributed by atoms with E-state index in [1.54, 1.807) is 43.5 Å². The Labute approximate surface area is 129 Å². The molecule has 0 fully saturated rings. The number of aryl methyl sites for hydroxylation is 1. The highest BCUT2D eigenvalue weighted by Crippen LogP contribution is 2.29. The zero-order valence-electron chi connectivity index (χ0n) is 12.9. The number of hydrogen-bond donors (Lipinski definition) is 1. The van der Waals surface area contributed by atoms with Gasteiger partial charge in [0.1, 0.15) is 17.2 Å². The van der Waals surface area contributed by atoms with Crippen LogP contribution in [0.3, 0.4) is 0 Å². The van der Waals surface area contributed by atoms with Crippen LogP contribution in [0.5, 0.6) is 17.2 Å². The Hall–Kier alpha value is -2.69. The molecule has 0 saturated heterocycles. The summed E-state index contributed by atoms with van der Waals surface area (Å²) in [6.45, 7) is 1.76. The van der Waals surface area contributed by atoms with E-state index in [0.29, 0.717) is 28.5 Å². The van der Waals surface area contributed by atoms with Gasteiger partial charge in [-0.3, -0.25) is 4.79 Å². The predicted octanol–water partition coefficient (Wildman–Crippen LogP) is 2.86. The summed E-state index contributed by atoms with van der Waals surface area (Å²) in [5.74, 6) is 1.39. The largest absolute Gasteiger partial charge is 0.496 e. The fourth-order valence-electron chi connectivity index (χ4n) is 2.10. The van der Waals surface area contributed by atoms with Crippen LogP contribution in [0.4, 0.5) is 5.69 Å². The second kappa shape index (κ2) is 6.85. The van der Waals surface area contributed by atoms with Gasteiger partial charge in [0.05, 0.1) is 25.5 Å². The summed E-state index contributed by atoms with van der Waals surface area (Å²) in [6, 6.07) is 10.5. The van der Waals surface area contributed by atoms with Crippen LogP contribution in [0.1, 0.15) is 15.9 Å². The average molecular weight is 301 g/mol. The molecule has 2 N–H and O–H groups in total.